The predicted molar refractivity (Wildman–Crippen MR) is 47.8 cm³/mol. The standard InChI is InChI=1S/C6H15O3Si.Sn.H/c1-4-7-10(8-5-2)9-6-3;;/h4-6H2,1-3H3;;. The van der Waals surface area contributed by atoms with Gasteiger partial charge in [0.2, 0.25) is 0 Å². The van der Waals surface area contributed by atoms with Gasteiger partial charge in [0.05, 0.1) is 0 Å². The van der Waals surface area contributed by atoms with Crippen molar-refractivity contribution in [1.82, 2.24) is 0 Å². The maximum absolute atomic E-state index is 5.18. The van der Waals surface area contributed by atoms with Gasteiger partial charge in [-0.25, -0.2) is 0 Å². The Balaban J connectivity index is 0. The quantitative estimate of drug-likeness (QED) is 0.662. The zero-order valence-electron chi connectivity index (χ0n) is 7.42. The first kappa shape index (κ1) is 14.4. The predicted octanol–water partition coefficient (Wildman–Crippen LogP) is 0.432. The molecule has 11 heavy (non-hydrogen) atoms. The van der Waals surface area contributed by atoms with E-state index in [9.17, 15) is 0 Å². The van der Waals surface area contributed by atoms with Crippen LogP contribution in [0.5, 0.6) is 0 Å². The Morgan fingerprint density at radius 1 is 0.818 bits per heavy atom. The number of hydrogen-bond donors (Lipinski definition) is 0. The second-order valence-electron chi connectivity index (χ2n) is 1.55. The van der Waals surface area contributed by atoms with Crippen LogP contribution in [0.3, 0.4) is 0 Å². The molecule has 0 unspecified atom stereocenters. The van der Waals surface area contributed by atoms with E-state index in [1.165, 1.54) is 0 Å². The summed E-state index contributed by atoms with van der Waals surface area (Å²) >= 11 is 0. The molecule has 0 heterocycles. The third-order valence-corrected chi connectivity index (χ3v) is 2.36. The van der Waals surface area contributed by atoms with E-state index in [0.717, 1.165) is 0 Å². The first-order chi connectivity index (χ1) is 4.85. The van der Waals surface area contributed by atoms with E-state index in [0.29, 0.717) is 19.8 Å². The van der Waals surface area contributed by atoms with Crippen molar-refractivity contribution in [2.75, 3.05) is 19.8 Å². The normalized spacial score (nSPS) is 9.82. The summed E-state index contributed by atoms with van der Waals surface area (Å²) in [5, 5.41) is 0. The van der Waals surface area contributed by atoms with Crippen molar-refractivity contribution in [3.8, 4) is 0 Å². The second kappa shape index (κ2) is 10.9. The van der Waals surface area contributed by atoms with Crippen LogP contribution in [0.2, 0.25) is 0 Å². The molecule has 0 N–H and O–H groups in total. The Hall–Kier alpha value is 0.896. The van der Waals surface area contributed by atoms with Gasteiger partial charge in [-0.05, 0) is 20.8 Å². The molecule has 4 radical (unpaired) electrons. The summed E-state index contributed by atoms with van der Waals surface area (Å²) in [6, 6.07) is 0. The fraction of sp³-hybridized carbons (Fsp3) is 1.00. The van der Waals surface area contributed by atoms with Gasteiger partial charge in [-0.15, -0.1) is 0 Å². The molecule has 0 aliphatic carbocycles. The SMILES string of the molecule is CCO[Si](OCC)OCC.[SnH]. The van der Waals surface area contributed by atoms with E-state index < -0.39 is 9.53 Å². The molecule has 66 valence electrons. The van der Waals surface area contributed by atoms with Gasteiger partial charge in [0.15, 0.2) is 0 Å². The molecule has 0 aliphatic heterocycles. The van der Waals surface area contributed by atoms with E-state index >= 15 is 0 Å². The van der Waals surface area contributed by atoms with Crippen LogP contribution in [-0.4, -0.2) is 53.3 Å². The van der Waals surface area contributed by atoms with Gasteiger partial charge in [0.25, 0.3) is 0 Å². The monoisotopic (exact) mass is 284 g/mol. The fourth-order valence-electron chi connectivity index (χ4n) is 0.479. The van der Waals surface area contributed by atoms with E-state index in [1.807, 2.05) is 20.8 Å². The van der Waals surface area contributed by atoms with Crippen molar-refractivity contribution in [3.63, 3.8) is 0 Å². The van der Waals surface area contributed by atoms with Gasteiger partial charge < -0.3 is 13.3 Å². The molecule has 0 aliphatic rings. The molecule has 0 atom stereocenters. The van der Waals surface area contributed by atoms with Crippen LogP contribution in [-0.2, 0) is 13.3 Å². The molecule has 0 aromatic carbocycles. The molecular weight excluding hydrogens is 267 g/mol. The van der Waals surface area contributed by atoms with E-state index in [2.05, 4.69) is 0 Å². The molecule has 0 aromatic rings. The molecule has 0 saturated heterocycles. The number of hydrogen-bond acceptors (Lipinski definition) is 3. The van der Waals surface area contributed by atoms with Gasteiger partial charge in [-0.1, -0.05) is 0 Å². The fourth-order valence-corrected chi connectivity index (χ4v) is 1.44. The number of rotatable bonds is 6. The van der Waals surface area contributed by atoms with Crippen molar-refractivity contribution in [2.24, 2.45) is 0 Å². The van der Waals surface area contributed by atoms with Gasteiger partial charge in [0, 0.05) is 19.8 Å². The Morgan fingerprint density at radius 2 is 1.09 bits per heavy atom. The van der Waals surface area contributed by atoms with Crippen molar-refractivity contribution in [1.29, 1.82) is 0 Å². The molecule has 5 heteroatoms. The van der Waals surface area contributed by atoms with Crippen LogP contribution in [0, 0.1) is 0 Å². The molecule has 0 amide bonds. The average Bonchev–Trinajstić information content (AvgIpc) is 1.90. The van der Waals surface area contributed by atoms with Crippen LogP contribution in [0.1, 0.15) is 20.8 Å². The van der Waals surface area contributed by atoms with Crippen molar-refractivity contribution in [3.05, 3.63) is 0 Å². The first-order valence-corrected chi connectivity index (χ1v) is 4.82. The van der Waals surface area contributed by atoms with Crippen molar-refractivity contribution < 1.29 is 13.3 Å². The first-order valence-electron chi connectivity index (χ1n) is 3.60. The zero-order valence-corrected chi connectivity index (χ0v) is 11.7. The van der Waals surface area contributed by atoms with Gasteiger partial charge in [-0.3, -0.25) is 0 Å². The van der Waals surface area contributed by atoms with Crippen molar-refractivity contribution in [2.45, 2.75) is 20.8 Å². The minimum absolute atomic E-state index is 0. The summed E-state index contributed by atoms with van der Waals surface area (Å²) in [6.07, 6.45) is 0. The summed E-state index contributed by atoms with van der Waals surface area (Å²) in [5.41, 5.74) is 0. The molecule has 0 aromatic heterocycles. The Morgan fingerprint density at radius 3 is 1.27 bits per heavy atom. The second-order valence-corrected chi connectivity index (χ2v) is 2.92. The molecule has 3 nitrogen and oxygen atoms in total. The third-order valence-electron chi connectivity index (χ3n) is 0.787. The van der Waals surface area contributed by atoms with E-state index in [4.69, 9.17) is 13.3 Å². The Bertz CT molecular complexity index is 60.6. The maximum atomic E-state index is 5.18. The molecule has 0 fully saturated rings. The molecule has 0 bridgehead atoms. The Labute approximate surface area is 87.3 Å². The van der Waals surface area contributed by atoms with Crippen molar-refractivity contribution >= 4 is 33.4 Å². The van der Waals surface area contributed by atoms with Crippen LogP contribution >= 0.6 is 0 Å². The van der Waals surface area contributed by atoms with Crippen LogP contribution in [0.4, 0.5) is 0 Å². The molecule has 0 rings (SSSR count). The topological polar surface area (TPSA) is 27.7 Å². The molecule has 0 saturated carbocycles. The van der Waals surface area contributed by atoms with E-state index in [-0.39, 0.29) is 23.9 Å². The zero-order chi connectivity index (χ0) is 7.82. The Kier molecular flexibility index (Phi) is 14.3. The average molecular weight is 283 g/mol. The van der Waals surface area contributed by atoms with Gasteiger partial charge >= 0.3 is 33.4 Å². The molecular formula is C6H16O3SiSn. The summed E-state index contributed by atoms with van der Waals surface area (Å²) in [7, 11) is -1.40. The van der Waals surface area contributed by atoms with Gasteiger partial charge in [0.1, 0.15) is 0 Å². The molecule has 0 spiro atoms. The summed E-state index contributed by atoms with van der Waals surface area (Å²) < 4.78 is 15.5. The summed E-state index contributed by atoms with van der Waals surface area (Å²) in [4.78, 5) is 0. The van der Waals surface area contributed by atoms with Crippen LogP contribution in [0.25, 0.3) is 0 Å². The summed E-state index contributed by atoms with van der Waals surface area (Å²) in [6.45, 7) is 7.78. The van der Waals surface area contributed by atoms with Crippen LogP contribution in [0.15, 0.2) is 0 Å². The third kappa shape index (κ3) is 8.80. The van der Waals surface area contributed by atoms with Crippen LogP contribution < -0.4 is 0 Å². The minimum atomic E-state index is -1.40. The van der Waals surface area contributed by atoms with E-state index in [1.54, 1.807) is 0 Å². The summed E-state index contributed by atoms with van der Waals surface area (Å²) in [5.74, 6) is 0. The van der Waals surface area contributed by atoms with Gasteiger partial charge in [-0.2, -0.15) is 0 Å².